The van der Waals surface area contributed by atoms with Gasteiger partial charge in [0, 0.05) is 5.38 Å². The Kier molecular flexibility index (Phi) is 5.48. The number of benzene rings is 1. The summed E-state index contributed by atoms with van der Waals surface area (Å²) < 4.78 is 5.24. The molecule has 7 heteroatoms. The zero-order valence-corrected chi connectivity index (χ0v) is 13.0. The average molecular weight is 319 g/mol. The van der Waals surface area contributed by atoms with Crippen molar-refractivity contribution in [1.29, 1.82) is 0 Å². The molecule has 0 bridgehead atoms. The van der Waals surface area contributed by atoms with Crippen molar-refractivity contribution >= 4 is 23.2 Å². The van der Waals surface area contributed by atoms with Crippen LogP contribution in [-0.2, 0) is 17.8 Å². The summed E-state index contributed by atoms with van der Waals surface area (Å²) in [5.74, 6) is -0.553. The third-order valence-corrected chi connectivity index (χ3v) is 3.88. The number of nitrogens with two attached hydrogens (primary N) is 1. The van der Waals surface area contributed by atoms with Crippen molar-refractivity contribution in [3.8, 4) is 5.75 Å². The lowest BCUT2D eigenvalue weighted by atomic mass is 10.2. The van der Waals surface area contributed by atoms with Gasteiger partial charge in [-0.2, -0.15) is 0 Å². The number of thiazole rings is 1. The molecule has 0 radical (unpaired) electrons. The number of rotatable bonds is 7. The van der Waals surface area contributed by atoms with Gasteiger partial charge in [-0.25, -0.2) is 4.98 Å². The lowest BCUT2D eigenvalue weighted by molar-refractivity contribution is -0.119. The molecule has 0 fully saturated rings. The molecule has 0 saturated heterocycles. The predicted octanol–water partition coefficient (Wildman–Crippen LogP) is 1.50. The predicted molar refractivity (Wildman–Crippen MR) is 83.8 cm³/mol. The van der Waals surface area contributed by atoms with Crippen LogP contribution in [0.1, 0.15) is 28.0 Å². The molecular weight excluding hydrogens is 302 g/mol. The number of hydrogen-bond donors (Lipinski definition) is 2. The molecule has 1 aromatic heterocycles. The first-order valence-electron chi connectivity index (χ1n) is 6.81. The number of aryl methyl sites for hydroxylation is 1. The first kappa shape index (κ1) is 16.0. The minimum Gasteiger partial charge on any atom is -0.483 e. The minimum atomic E-state index is -0.593. The molecule has 0 spiro atoms. The number of carbonyl (C=O) groups excluding carboxylic acids is 2. The molecule has 116 valence electrons. The van der Waals surface area contributed by atoms with Crippen LogP contribution in [0.2, 0.25) is 0 Å². The molecule has 6 nitrogen and oxygen atoms in total. The summed E-state index contributed by atoms with van der Waals surface area (Å²) in [7, 11) is 0. The fourth-order valence-corrected chi connectivity index (χ4v) is 2.53. The zero-order valence-electron chi connectivity index (χ0n) is 12.2. The van der Waals surface area contributed by atoms with Gasteiger partial charge >= 0.3 is 0 Å². The Morgan fingerprint density at radius 2 is 2.14 bits per heavy atom. The lowest BCUT2D eigenvalue weighted by Gasteiger charge is -2.10. The van der Waals surface area contributed by atoms with Crippen molar-refractivity contribution < 1.29 is 14.3 Å². The van der Waals surface area contributed by atoms with Crippen LogP contribution in [0.3, 0.4) is 0 Å². The summed E-state index contributed by atoms with van der Waals surface area (Å²) in [6, 6.07) is 6.70. The summed E-state index contributed by atoms with van der Waals surface area (Å²) in [6.07, 6.45) is 0.877. The molecule has 2 amide bonds. The van der Waals surface area contributed by atoms with Crippen molar-refractivity contribution in [2.75, 3.05) is 6.61 Å². The molecule has 0 aliphatic carbocycles. The van der Waals surface area contributed by atoms with E-state index in [0.29, 0.717) is 17.9 Å². The number of nitrogens with one attached hydrogen (secondary N) is 1. The quantitative estimate of drug-likeness (QED) is 0.808. The number of nitrogens with zero attached hydrogens (tertiary/aromatic N) is 1. The SMILES string of the molecule is CCc1nc(CNC(=O)c2ccccc2OCC(N)=O)cs1. The van der Waals surface area contributed by atoms with Gasteiger partial charge in [0.15, 0.2) is 6.61 Å². The first-order valence-corrected chi connectivity index (χ1v) is 7.69. The van der Waals surface area contributed by atoms with Crippen molar-refractivity contribution in [2.24, 2.45) is 5.73 Å². The summed E-state index contributed by atoms with van der Waals surface area (Å²) >= 11 is 1.57. The van der Waals surface area contributed by atoms with Gasteiger partial charge in [0.1, 0.15) is 5.75 Å². The second kappa shape index (κ2) is 7.56. The third-order valence-electron chi connectivity index (χ3n) is 2.83. The van der Waals surface area contributed by atoms with Gasteiger partial charge in [-0.05, 0) is 18.6 Å². The van der Waals surface area contributed by atoms with Crippen LogP contribution in [0, 0.1) is 0 Å². The first-order chi connectivity index (χ1) is 10.6. The Bertz CT molecular complexity index is 670. The fraction of sp³-hybridized carbons (Fsp3) is 0.267. The van der Waals surface area contributed by atoms with Gasteiger partial charge in [0.05, 0.1) is 22.8 Å². The smallest absolute Gasteiger partial charge is 0.255 e. The van der Waals surface area contributed by atoms with Gasteiger partial charge in [0.2, 0.25) is 0 Å². The summed E-state index contributed by atoms with van der Waals surface area (Å²) in [5, 5.41) is 5.75. The highest BCUT2D eigenvalue weighted by Gasteiger charge is 2.13. The largest absolute Gasteiger partial charge is 0.483 e. The van der Waals surface area contributed by atoms with Crippen LogP contribution >= 0.6 is 11.3 Å². The van der Waals surface area contributed by atoms with Gasteiger partial charge in [0.25, 0.3) is 11.8 Å². The van der Waals surface area contributed by atoms with Gasteiger partial charge < -0.3 is 15.8 Å². The highest BCUT2D eigenvalue weighted by Crippen LogP contribution is 2.18. The lowest BCUT2D eigenvalue weighted by Crippen LogP contribution is -2.25. The van der Waals surface area contributed by atoms with E-state index >= 15 is 0 Å². The normalized spacial score (nSPS) is 10.2. The minimum absolute atomic E-state index is 0.268. The number of primary amides is 1. The summed E-state index contributed by atoms with van der Waals surface area (Å²) in [4.78, 5) is 27.4. The molecule has 0 unspecified atom stereocenters. The number of aromatic nitrogens is 1. The van der Waals surface area contributed by atoms with Gasteiger partial charge in [-0.3, -0.25) is 9.59 Å². The average Bonchev–Trinajstić information content (AvgIpc) is 2.99. The van der Waals surface area contributed by atoms with E-state index in [1.807, 2.05) is 12.3 Å². The van der Waals surface area contributed by atoms with Crippen LogP contribution in [0.4, 0.5) is 0 Å². The highest BCUT2D eigenvalue weighted by atomic mass is 32.1. The molecule has 3 N–H and O–H groups in total. The zero-order chi connectivity index (χ0) is 15.9. The highest BCUT2D eigenvalue weighted by molar-refractivity contribution is 7.09. The van der Waals surface area contributed by atoms with E-state index in [1.165, 1.54) is 0 Å². The van der Waals surface area contributed by atoms with E-state index in [4.69, 9.17) is 10.5 Å². The Morgan fingerprint density at radius 1 is 1.36 bits per heavy atom. The second-order valence-electron chi connectivity index (χ2n) is 4.52. The van der Waals surface area contributed by atoms with Crippen LogP contribution in [0.25, 0.3) is 0 Å². The Balaban J connectivity index is 2.01. The fourth-order valence-electron chi connectivity index (χ4n) is 1.79. The molecule has 2 rings (SSSR count). The maximum atomic E-state index is 12.2. The van der Waals surface area contributed by atoms with E-state index in [-0.39, 0.29) is 12.5 Å². The Morgan fingerprint density at radius 3 is 2.82 bits per heavy atom. The van der Waals surface area contributed by atoms with E-state index < -0.39 is 5.91 Å². The van der Waals surface area contributed by atoms with E-state index in [0.717, 1.165) is 17.1 Å². The van der Waals surface area contributed by atoms with E-state index in [2.05, 4.69) is 10.3 Å². The number of hydrogen-bond acceptors (Lipinski definition) is 5. The van der Waals surface area contributed by atoms with Crippen molar-refractivity contribution in [2.45, 2.75) is 19.9 Å². The van der Waals surface area contributed by atoms with Crippen LogP contribution in [-0.4, -0.2) is 23.4 Å². The summed E-state index contributed by atoms with van der Waals surface area (Å²) in [6.45, 7) is 2.11. The maximum absolute atomic E-state index is 12.2. The van der Waals surface area contributed by atoms with Crippen LogP contribution in [0.15, 0.2) is 29.6 Å². The summed E-state index contributed by atoms with van der Waals surface area (Å²) in [5.41, 5.74) is 6.23. The maximum Gasteiger partial charge on any atom is 0.255 e. The van der Waals surface area contributed by atoms with Crippen molar-refractivity contribution in [3.63, 3.8) is 0 Å². The molecule has 0 atom stereocenters. The molecule has 0 aliphatic rings. The van der Waals surface area contributed by atoms with Crippen LogP contribution in [0.5, 0.6) is 5.75 Å². The molecule has 2 aromatic rings. The monoisotopic (exact) mass is 319 g/mol. The Hall–Kier alpha value is -2.41. The molecule has 1 heterocycles. The van der Waals surface area contributed by atoms with E-state index in [9.17, 15) is 9.59 Å². The second-order valence-corrected chi connectivity index (χ2v) is 5.46. The standard InChI is InChI=1S/C15H17N3O3S/c1-2-14-18-10(9-22-14)7-17-15(20)11-5-3-4-6-12(11)21-8-13(16)19/h3-6,9H,2,7-8H2,1H3,(H2,16,19)(H,17,20). The molecule has 22 heavy (non-hydrogen) atoms. The number of para-hydroxylation sites is 1. The van der Waals surface area contributed by atoms with Gasteiger partial charge in [-0.15, -0.1) is 11.3 Å². The molecular formula is C15H17N3O3S. The number of carbonyl (C=O) groups is 2. The van der Waals surface area contributed by atoms with Crippen molar-refractivity contribution in [1.82, 2.24) is 10.3 Å². The van der Waals surface area contributed by atoms with Crippen molar-refractivity contribution in [3.05, 3.63) is 45.9 Å². The van der Waals surface area contributed by atoms with Crippen LogP contribution < -0.4 is 15.8 Å². The molecule has 0 aliphatic heterocycles. The molecule has 0 saturated carbocycles. The Labute approximate surface area is 132 Å². The third kappa shape index (κ3) is 4.29. The van der Waals surface area contributed by atoms with Gasteiger partial charge in [-0.1, -0.05) is 19.1 Å². The number of ether oxygens (including phenoxy) is 1. The molecule has 1 aromatic carbocycles. The number of amides is 2. The topological polar surface area (TPSA) is 94.3 Å². The van der Waals surface area contributed by atoms with E-state index in [1.54, 1.807) is 35.6 Å².